The van der Waals surface area contributed by atoms with Gasteiger partial charge in [-0.3, -0.25) is 14.4 Å². The van der Waals surface area contributed by atoms with Crippen molar-refractivity contribution < 1.29 is 9.59 Å². The number of nitrogens with zero attached hydrogens (tertiary/aromatic N) is 2. The molecule has 1 fully saturated rings. The number of amides is 2. The first-order valence-electron chi connectivity index (χ1n) is 11.2. The average Bonchev–Trinajstić information content (AvgIpc) is 3.23. The molecule has 2 heterocycles. The molecular formula is C24H29N5O3. The lowest BCUT2D eigenvalue weighted by Crippen LogP contribution is -2.35. The van der Waals surface area contributed by atoms with E-state index >= 15 is 0 Å². The zero-order chi connectivity index (χ0) is 22.7. The number of nitrogens with one attached hydrogen (secondary N) is 3. The van der Waals surface area contributed by atoms with E-state index in [2.05, 4.69) is 20.6 Å². The van der Waals surface area contributed by atoms with E-state index in [0.717, 1.165) is 48.1 Å². The lowest BCUT2D eigenvalue weighted by molar-refractivity contribution is 0.0951. The number of hydrogen-bond acceptors (Lipinski definition) is 4. The van der Waals surface area contributed by atoms with Crippen LogP contribution in [0, 0.1) is 6.92 Å². The summed E-state index contributed by atoms with van der Waals surface area (Å²) in [5.74, 6) is -0.183. The van der Waals surface area contributed by atoms with Crippen molar-refractivity contribution in [3.05, 3.63) is 63.3 Å². The van der Waals surface area contributed by atoms with E-state index in [1.807, 2.05) is 29.7 Å². The number of para-hydroxylation sites is 1. The summed E-state index contributed by atoms with van der Waals surface area (Å²) in [4.78, 5) is 45.9. The summed E-state index contributed by atoms with van der Waals surface area (Å²) in [5.41, 5.74) is 2.41. The van der Waals surface area contributed by atoms with E-state index in [1.165, 1.54) is 13.5 Å². The van der Waals surface area contributed by atoms with E-state index in [1.54, 1.807) is 12.4 Å². The summed E-state index contributed by atoms with van der Waals surface area (Å²) in [5, 5.41) is 5.32. The Bertz CT molecular complexity index is 1200. The topological polar surface area (TPSA) is 109 Å². The number of carbonyl (C=O) groups excluding carboxylic acids is 2. The summed E-state index contributed by atoms with van der Waals surface area (Å²) >= 11 is 0. The number of aryl methyl sites for hydroxylation is 1. The fraction of sp³-hybridized carbons (Fsp3) is 0.417. The van der Waals surface area contributed by atoms with Gasteiger partial charge in [0, 0.05) is 38.4 Å². The van der Waals surface area contributed by atoms with Crippen LogP contribution in [0.5, 0.6) is 0 Å². The lowest BCUT2D eigenvalue weighted by Gasteiger charge is -2.25. The molecule has 2 amide bonds. The van der Waals surface area contributed by atoms with Gasteiger partial charge in [-0.2, -0.15) is 0 Å². The smallest absolute Gasteiger partial charge is 0.256 e. The van der Waals surface area contributed by atoms with Crippen LogP contribution in [-0.4, -0.2) is 39.9 Å². The van der Waals surface area contributed by atoms with Crippen LogP contribution in [0.2, 0.25) is 0 Å². The van der Waals surface area contributed by atoms with Gasteiger partial charge in [0.1, 0.15) is 17.0 Å². The highest BCUT2D eigenvalue weighted by molar-refractivity contribution is 5.99. The van der Waals surface area contributed by atoms with Crippen LogP contribution in [0.15, 0.2) is 35.4 Å². The SMILES string of the molecule is CNC(=O)c1cn(C2CCCCC2)cc(C(=O)NCCc2nc3c(C)cccc3[nH]2)c1=O. The van der Waals surface area contributed by atoms with Crippen LogP contribution in [0.3, 0.4) is 0 Å². The van der Waals surface area contributed by atoms with Gasteiger partial charge >= 0.3 is 0 Å². The molecule has 1 aliphatic carbocycles. The molecule has 0 aliphatic heterocycles. The minimum Gasteiger partial charge on any atom is -0.355 e. The second-order valence-corrected chi connectivity index (χ2v) is 8.39. The van der Waals surface area contributed by atoms with Crippen molar-refractivity contribution in [3.63, 3.8) is 0 Å². The Hall–Kier alpha value is -3.42. The Kier molecular flexibility index (Phi) is 6.39. The standard InChI is InChI=1S/C24H29N5O3/c1-15-7-6-10-19-21(15)28-20(27-19)11-12-26-24(32)18-14-29(16-8-4-3-5-9-16)13-17(22(18)30)23(31)25-2/h6-7,10,13-14,16H,3-5,8-9,11-12H2,1-2H3,(H,25,31)(H,26,32)(H,27,28). The van der Waals surface area contributed by atoms with Crippen molar-refractivity contribution in [1.29, 1.82) is 0 Å². The molecule has 0 saturated heterocycles. The molecule has 3 aromatic rings. The maximum Gasteiger partial charge on any atom is 0.256 e. The molecule has 0 atom stereocenters. The normalized spacial score (nSPS) is 14.4. The molecule has 0 bridgehead atoms. The van der Waals surface area contributed by atoms with Gasteiger partial charge in [-0.1, -0.05) is 31.4 Å². The molecule has 1 saturated carbocycles. The highest BCUT2D eigenvalue weighted by atomic mass is 16.2. The summed E-state index contributed by atoms with van der Waals surface area (Å²) < 4.78 is 1.88. The van der Waals surface area contributed by atoms with E-state index in [9.17, 15) is 14.4 Å². The molecule has 168 valence electrons. The minimum atomic E-state index is -0.548. The van der Waals surface area contributed by atoms with Gasteiger partial charge < -0.3 is 20.2 Å². The zero-order valence-electron chi connectivity index (χ0n) is 18.5. The quantitative estimate of drug-likeness (QED) is 0.553. The van der Waals surface area contributed by atoms with Gasteiger partial charge in [0.2, 0.25) is 5.43 Å². The second kappa shape index (κ2) is 9.38. The van der Waals surface area contributed by atoms with Crippen molar-refractivity contribution in [2.24, 2.45) is 0 Å². The number of fused-ring (bicyclic) bond motifs is 1. The van der Waals surface area contributed by atoms with E-state index < -0.39 is 17.2 Å². The number of pyridine rings is 1. The van der Waals surface area contributed by atoms with Gasteiger partial charge in [0.15, 0.2) is 0 Å². The predicted octanol–water partition coefficient (Wildman–Crippen LogP) is 2.87. The first-order valence-corrected chi connectivity index (χ1v) is 11.2. The Morgan fingerprint density at radius 1 is 1.12 bits per heavy atom. The number of benzene rings is 1. The van der Waals surface area contributed by atoms with Crippen molar-refractivity contribution >= 4 is 22.8 Å². The van der Waals surface area contributed by atoms with Gasteiger partial charge in [-0.25, -0.2) is 4.98 Å². The van der Waals surface area contributed by atoms with Crippen LogP contribution in [0.1, 0.15) is 70.2 Å². The summed E-state index contributed by atoms with van der Waals surface area (Å²) in [6.07, 6.45) is 9.04. The third-order valence-electron chi connectivity index (χ3n) is 6.17. The maximum atomic E-state index is 12.9. The number of imidazole rings is 1. The third kappa shape index (κ3) is 4.44. The molecule has 2 aromatic heterocycles. The molecule has 0 unspecified atom stereocenters. The van der Waals surface area contributed by atoms with Crippen molar-refractivity contribution in [2.75, 3.05) is 13.6 Å². The van der Waals surface area contributed by atoms with Gasteiger partial charge in [-0.15, -0.1) is 0 Å². The van der Waals surface area contributed by atoms with Crippen LogP contribution in [0.25, 0.3) is 11.0 Å². The monoisotopic (exact) mass is 435 g/mol. The molecule has 3 N–H and O–H groups in total. The number of hydrogen-bond donors (Lipinski definition) is 3. The van der Waals surface area contributed by atoms with Gasteiger partial charge in [-0.05, 0) is 31.4 Å². The van der Waals surface area contributed by atoms with Crippen LogP contribution < -0.4 is 16.1 Å². The minimum absolute atomic E-state index is 0.00140. The Morgan fingerprint density at radius 3 is 2.53 bits per heavy atom. The Labute approximate surface area is 186 Å². The number of aromatic nitrogens is 3. The molecule has 8 nitrogen and oxygen atoms in total. The zero-order valence-corrected chi connectivity index (χ0v) is 18.5. The molecule has 32 heavy (non-hydrogen) atoms. The van der Waals surface area contributed by atoms with Crippen LogP contribution in [-0.2, 0) is 6.42 Å². The first kappa shape index (κ1) is 21.8. The van der Waals surface area contributed by atoms with Crippen LogP contribution >= 0.6 is 0 Å². The Balaban J connectivity index is 1.52. The molecule has 1 aromatic carbocycles. The Morgan fingerprint density at radius 2 is 1.84 bits per heavy atom. The maximum absolute atomic E-state index is 12.9. The van der Waals surface area contributed by atoms with Crippen molar-refractivity contribution in [2.45, 2.75) is 51.5 Å². The first-order chi connectivity index (χ1) is 15.5. The molecule has 0 spiro atoms. The molecule has 8 heteroatoms. The van der Waals surface area contributed by atoms with Crippen molar-refractivity contribution in [1.82, 2.24) is 25.2 Å². The average molecular weight is 436 g/mol. The van der Waals surface area contributed by atoms with E-state index in [-0.39, 0.29) is 17.2 Å². The molecular weight excluding hydrogens is 406 g/mol. The molecule has 0 radical (unpaired) electrons. The van der Waals surface area contributed by atoms with Crippen LogP contribution in [0.4, 0.5) is 0 Å². The number of H-pyrrole nitrogens is 1. The summed E-state index contributed by atoms with van der Waals surface area (Å²) in [6.45, 7) is 2.33. The number of carbonyl (C=O) groups is 2. The predicted molar refractivity (Wildman–Crippen MR) is 123 cm³/mol. The summed E-state index contributed by atoms with van der Waals surface area (Å²) in [7, 11) is 1.48. The molecule has 4 rings (SSSR count). The number of rotatable bonds is 6. The summed E-state index contributed by atoms with van der Waals surface area (Å²) in [6, 6.07) is 6.14. The lowest BCUT2D eigenvalue weighted by atomic mass is 9.95. The van der Waals surface area contributed by atoms with Gasteiger partial charge in [0.05, 0.1) is 11.0 Å². The number of aromatic amines is 1. The fourth-order valence-corrected chi connectivity index (χ4v) is 4.38. The van der Waals surface area contributed by atoms with Crippen molar-refractivity contribution in [3.8, 4) is 0 Å². The second-order valence-electron chi connectivity index (χ2n) is 8.39. The van der Waals surface area contributed by atoms with Gasteiger partial charge in [0.25, 0.3) is 11.8 Å². The fourth-order valence-electron chi connectivity index (χ4n) is 4.38. The third-order valence-corrected chi connectivity index (χ3v) is 6.17. The largest absolute Gasteiger partial charge is 0.355 e. The van der Waals surface area contributed by atoms with E-state index in [0.29, 0.717) is 13.0 Å². The van der Waals surface area contributed by atoms with E-state index in [4.69, 9.17) is 0 Å². The highest BCUT2D eigenvalue weighted by Crippen LogP contribution is 2.28. The molecule has 1 aliphatic rings. The highest BCUT2D eigenvalue weighted by Gasteiger charge is 2.22.